The molecule has 0 amide bonds. The highest BCUT2D eigenvalue weighted by Gasteiger charge is 2.38. The lowest BCUT2D eigenvalue weighted by molar-refractivity contribution is 0.259. The van der Waals surface area contributed by atoms with Crippen LogP contribution in [0.2, 0.25) is 12.1 Å². The molecule has 0 aliphatic rings. The molecule has 0 spiro atoms. The van der Waals surface area contributed by atoms with E-state index in [1.54, 1.807) is 28.4 Å². The predicted octanol–water partition coefficient (Wildman–Crippen LogP) is 4.30. The van der Waals surface area contributed by atoms with Crippen molar-refractivity contribution in [3.8, 4) is 0 Å². The fraction of sp³-hybridized carbons (Fsp3) is 0.400. The van der Waals surface area contributed by atoms with Gasteiger partial charge in [0.25, 0.3) is 0 Å². The molecule has 2 aromatic carbocycles. The van der Waals surface area contributed by atoms with Crippen molar-refractivity contribution in [1.82, 2.24) is 0 Å². The van der Waals surface area contributed by atoms with Crippen molar-refractivity contribution in [1.29, 1.82) is 0 Å². The molecule has 2 rings (SSSR count). The van der Waals surface area contributed by atoms with Gasteiger partial charge in [-0.15, -0.1) is 0 Å². The lowest BCUT2D eigenvalue weighted by Gasteiger charge is -2.28. The first-order valence-electron chi connectivity index (χ1n) is 9.39. The Morgan fingerprint density at radius 1 is 0.586 bits per heavy atom. The van der Waals surface area contributed by atoms with Gasteiger partial charge in [0.2, 0.25) is 0 Å². The number of rotatable bonds is 14. The summed E-state index contributed by atoms with van der Waals surface area (Å²) in [6.45, 7) is 0. The molecule has 0 bridgehead atoms. The lowest BCUT2D eigenvalue weighted by atomic mass is 10.4. The third-order valence-electron chi connectivity index (χ3n) is 4.87. The highest BCUT2D eigenvalue weighted by Crippen LogP contribution is 2.37. The summed E-state index contributed by atoms with van der Waals surface area (Å²) in [5.41, 5.74) is 0. The van der Waals surface area contributed by atoms with Gasteiger partial charge in [-0.2, -0.15) is 0 Å². The van der Waals surface area contributed by atoms with E-state index in [0.29, 0.717) is 0 Å². The van der Waals surface area contributed by atoms with Crippen molar-refractivity contribution in [3.63, 3.8) is 0 Å². The summed E-state index contributed by atoms with van der Waals surface area (Å²) >= 11 is 0. The summed E-state index contributed by atoms with van der Waals surface area (Å²) in [4.78, 5) is 0. The van der Waals surface area contributed by atoms with Crippen molar-refractivity contribution in [2.45, 2.75) is 12.1 Å². The minimum absolute atomic E-state index is 0.918. The standard InChI is InChI=1S/C20H30O4S3Si2/c1-21-28(22-2,19-11-7-5-8-12-19)17-15-25-27-26-16-18-29(23-3,24-4)20-13-9-6-10-14-20/h5-14H,15-18H2,1-4H3. The Bertz CT molecular complexity index is 627. The van der Waals surface area contributed by atoms with Gasteiger partial charge < -0.3 is 17.7 Å². The molecule has 0 atom stereocenters. The van der Waals surface area contributed by atoms with Crippen LogP contribution in [-0.4, -0.2) is 57.1 Å². The van der Waals surface area contributed by atoms with Crippen LogP contribution in [0.15, 0.2) is 60.7 Å². The molecule has 0 aliphatic heterocycles. The van der Waals surface area contributed by atoms with Crippen molar-refractivity contribution in [2.75, 3.05) is 39.9 Å². The minimum atomic E-state index is -2.35. The van der Waals surface area contributed by atoms with Crippen LogP contribution in [0.4, 0.5) is 0 Å². The van der Waals surface area contributed by atoms with E-state index in [4.69, 9.17) is 17.7 Å². The third kappa shape index (κ3) is 6.88. The van der Waals surface area contributed by atoms with Crippen LogP contribution in [0, 0.1) is 0 Å². The molecule has 0 saturated heterocycles. The fourth-order valence-electron chi connectivity index (χ4n) is 3.17. The second-order valence-corrected chi connectivity index (χ2v) is 17.5. The Morgan fingerprint density at radius 2 is 0.931 bits per heavy atom. The molecular weight excluding hydrogens is 457 g/mol. The van der Waals surface area contributed by atoms with Gasteiger partial charge >= 0.3 is 17.1 Å². The molecular formula is C20H30O4S3Si2. The minimum Gasteiger partial charge on any atom is -0.394 e. The summed E-state index contributed by atoms with van der Waals surface area (Å²) in [6, 6.07) is 22.5. The van der Waals surface area contributed by atoms with Gasteiger partial charge in [0, 0.05) is 52.0 Å². The van der Waals surface area contributed by atoms with Crippen LogP contribution in [0.1, 0.15) is 0 Å². The molecule has 0 fully saturated rings. The van der Waals surface area contributed by atoms with Crippen LogP contribution in [0.3, 0.4) is 0 Å². The van der Waals surface area contributed by atoms with Crippen LogP contribution < -0.4 is 10.4 Å². The Balaban J connectivity index is 1.77. The predicted molar refractivity (Wildman–Crippen MR) is 134 cm³/mol. The molecule has 0 heterocycles. The molecule has 0 radical (unpaired) electrons. The van der Waals surface area contributed by atoms with Gasteiger partial charge in [-0.1, -0.05) is 82.3 Å². The smallest absolute Gasteiger partial charge is 0.372 e. The number of benzene rings is 2. The van der Waals surface area contributed by atoms with Gasteiger partial charge in [-0.25, -0.2) is 0 Å². The van der Waals surface area contributed by atoms with Gasteiger partial charge in [0.15, 0.2) is 0 Å². The normalized spacial score (nSPS) is 12.3. The van der Waals surface area contributed by atoms with Crippen LogP contribution in [0.5, 0.6) is 0 Å². The van der Waals surface area contributed by atoms with E-state index in [-0.39, 0.29) is 0 Å². The van der Waals surface area contributed by atoms with Crippen molar-refractivity contribution in [3.05, 3.63) is 60.7 Å². The first-order valence-corrected chi connectivity index (χ1v) is 17.3. The quantitative estimate of drug-likeness (QED) is 0.224. The zero-order valence-corrected chi connectivity index (χ0v) is 21.9. The van der Waals surface area contributed by atoms with Crippen LogP contribution in [0.25, 0.3) is 0 Å². The molecule has 160 valence electrons. The molecule has 0 unspecified atom stereocenters. The molecule has 4 nitrogen and oxygen atoms in total. The van der Waals surface area contributed by atoms with E-state index >= 15 is 0 Å². The van der Waals surface area contributed by atoms with Gasteiger partial charge in [-0.05, 0) is 20.2 Å². The van der Waals surface area contributed by atoms with Crippen molar-refractivity contribution >= 4 is 58.9 Å². The van der Waals surface area contributed by atoms with E-state index in [1.807, 2.05) is 67.8 Å². The van der Waals surface area contributed by atoms with Gasteiger partial charge in [0.1, 0.15) is 0 Å². The van der Waals surface area contributed by atoms with Gasteiger partial charge in [-0.3, -0.25) is 0 Å². The van der Waals surface area contributed by atoms with E-state index in [0.717, 1.165) is 23.6 Å². The number of hydrogen-bond donors (Lipinski definition) is 0. The van der Waals surface area contributed by atoms with E-state index in [9.17, 15) is 0 Å². The molecule has 9 heteroatoms. The summed E-state index contributed by atoms with van der Waals surface area (Å²) in [6.07, 6.45) is 0. The molecule has 0 saturated carbocycles. The Labute approximate surface area is 188 Å². The first kappa shape index (κ1) is 25.0. The maximum absolute atomic E-state index is 5.88. The summed E-state index contributed by atoms with van der Waals surface area (Å²) in [5, 5.41) is 2.36. The van der Waals surface area contributed by atoms with Crippen molar-refractivity contribution < 1.29 is 17.7 Å². The largest absolute Gasteiger partial charge is 0.394 e. The zero-order chi connectivity index (χ0) is 21.0. The van der Waals surface area contributed by atoms with Crippen LogP contribution >= 0.6 is 31.4 Å². The zero-order valence-electron chi connectivity index (χ0n) is 17.5. The highest BCUT2D eigenvalue weighted by atomic mass is 33.5. The topological polar surface area (TPSA) is 36.9 Å². The first-order chi connectivity index (χ1) is 14.2. The molecule has 0 aromatic heterocycles. The van der Waals surface area contributed by atoms with E-state index in [2.05, 4.69) is 24.3 Å². The second-order valence-electron chi connectivity index (χ2n) is 6.27. The molecule has 0 aliphatic carbocycles. The molecule has 2 aromatic rings. The summed E-state index contributed by atoms with van der Waals surface area (Å²) < 4.78 is 23.5. The monoisotopic (exact) mass is 486 g/mol. The second kappa shape index (κ2) is 13.2. The number of hydrogen-bond acceptors (Lipinski definition) is 7. The third-order valence-corrected chi connectivity index (χ3v) is 16.7. The fourth-order valence-corrected chi connectivity index (χ4v) is 14.2. The Kier molecular flexibility index (Phi) is 11.4. The van der Waals surface area contributed by atoms with Gasteiger partial charge in [0.05, 0.1) is 0 Å². The summed E-state index contributed by atoms with van der Waals surface area (Å²) in [5.74, 6) is 1.96. The highest BCUT2D eigenvalue weighted by molar-refractivity contribution is 9.09. The average molecular weight is 487 g/mol. The lowest BCUT2D eigenvalue weighted by Crippen LogP contribution is -2.52. The van der Waals surface area contributed by atoms with Crippen molar-refractivity contribution in [2.24, 2.45) is 0 Å². The Morgan fingerprint density at radius 3 is 1.24 bits per heavy atom. The maximum Gasteiger partial charge on any atom is 0.372 e. The van der Waals surface area contributed by atoms with Crippen LogP contribution in [-0.2, 0) is 17.7 Å². The van der Waals surface area contributed by atoms with E-state index < -0.39 is 17.1 Å². The SMILES string of the molecule is CO[Si](CCSSSCC[Si](OC)(OC)c1ccccc1)(OC)c1ccccc1. The Hall–Kier alpha value is -0.236. The molecule has 29 heavy (non-hydrogen) atoms. The van der Waals surface area contributed by atoms with E-state index in [1.165, 1.54) is 10.4 Å². The summed E-state index contributed by atoms with van der Waals surface area (Å²) in [7, 11) is 7.88. The average Bonchev–Trinajstić information content (AvgIpc) is 2.80. The maximum atomic E-state index is 5.88. The molecule has 0 N–H and O–H groups in total.